The first kappa shape index (κ1) is 9.81. The van der Waals surface area contributed by atoms with E-state index in [1.807, 2.05) is 36.5 Å². The van der Waals surface area contributed by atoms with Crippen molar-refractivity contribution in [3.05, 3.63) is 52.8 Å². The van der Waals surface area contributed by atoms with Crippen LogP contribution in [0.3, 0.4) is 0 Å². The molecule has 2 aromatic rings. The zero-order chi connectivity index (χ0) is 11.0. The number of pyridine rings is 1. The first-order valence-corrected chi connectivity index (χ1v) is 5.76. The number of nitrogens with zero attached hydrogens (tertiary/aromatic N) is 1. The van der Waals surface area contributed by atoms with E-state index in [-0.39, 0.29) is 6.10 Å². The second-order valence-electron chi connectivity index (χ2n) is 3.62. The predicted octanol–water partition coefficient (Wildman–Crippen LogP) is 3.05. The van der Waals surface area contributed by atoms with Gasteiger partial charge in [0.25, 0.3) is 0 Å². The van der Waals surface area contributed by atoms with Crippen LogP contribution in [0.4, 0.5) is 0 Å². The normalized spacial score (nSPS) is 19.6. The van der Waals surface area contributed by atoms with Crippen molar-refractivity contribution in [3.8, 4) is 0 Å². The standard InChI is InChI=1S/C12H9BrN2O/c13-12-6-11(16-15-12)9-5-8-3-1-2-4-10(8)14-7-9/h1-7,11,15H/t11-/m0/s1. The Morgan fingerprint density at radius 2 is 2.19 bits per heavy atom. The van der Waals surface area contributed by atoms with Gasteiger partial charge in [0.05, 0.1) is 5.52 Å². The number of halogens is 1. The number of benzene rings is 1. The van der Waals surface area contributed by atoms with E-state index in [9.17, 15) is 0 Å². The van der Waals surface area contributed by atoms with E-state index in [1.54, 1.807) is 0 Å². The number of para-hydroxylation sites is 1. The number of rotatable bonds is 1. The lowest BCUT2D eigenvalue weighted by atomic mass is 10.1. The van der Waals surface area contributed by atoms with Gasteiger partial charge in [0, 0.05) is 17.1 Å². The van der Waals surface area contributed by atoms with Gasteiger partial charge >= 0.3 is 0 Å². The van der Waals surface area contributed by atoms with Gasteiger partial charge in [-0.15, -0.1) is 0 Å². The molecule has 2 heterocycles. The lowest BCUT2D eigenvalue weighted by Gasteiger charge is -2.07. The minimum atomic E-state index is -0.0773. The molecule has 4 heteroatoms. The van der Waals surface area contributed by atoms with Gasteiger partial charge in [-0.25, -0.2) is 0 Å². The lowest BCUT2D eigenvalue weighted by Crippen LogP contribution is -2.05. The molecule has 0 unspecified atom stereocenters. The van der Waals surface area contributed by atoms with E-state index >= 15 is 0 Å². The SMILES string of the molecule is BrC1=C[C@@H](c2cnc3ccccc3c2)ON1. The van der Waals surface area contributed by atoms with Crippen LogP contribution in [0.2, 0.25) is 0 Å². The van der Waals surface area contributed by atoms with Gasteiger partial charge in [-0.3, -0.25) is 15.3 Å². The van der Waals surface area contributed by atoms with Crippen molar-refractivity contribution in [1.29, 1.82) is 0 Å². The molecule has 1 aromatic carbocycles. The second-order valence-corrected chi connectivity index (χ2v) is 4.47. The van der Waals surface area contributed by atoms with Gasteiger partial charge in [0.15, 0.2) is 0 Å². The smallest absolute Gasteiger partial charge is 0.133 e. The molecule has 0 aliphatic carbocycles. The van der Waals surface area contributed by atoms with Gasteiger partial charge < -0.3 is 0 Å². The number of fused-ring (bicyclic) bond motifs is 1. The molecule has 80 valence electrons. The van der Waals surface area contributed by atoms with Gasteiger partial charge in [0.2, 0.25) is 0 Å². The highest BCUT2D eigenvalue weighted by molar-refractivity contribution is 9.11. The molecule has 3 rings (SSSR count). The topological polar surface area (TPSA) is 34.1 Å². The predicted molar refractivity (Wildman–Crippen MR) is 65.7 cm³/mol. The summed E-state index contributed by atoms with van der Waals surface area (Å²) in [6.07, 6.45) is 3.73. The molecule has 0 bridgehead atoms. The fourth-order valence-corrected chi connectivity index (χ4v) is 2.06. The van der Waals surface area contributed by atoms with Crippen molar-refractivity contribution in [2.24, 2.45) is 0 Å². The molecule has 0 amide bonds. The number of hydrogen-bond acceptors (Lipinski definition) is 3. The van der Waals surface area contributed by atoms with Gasteiger partial charge in [-0.1, -0.05) is 18.2 Å². The highest BCUT2D eigenvalue weighted by Crippen LogP contribution is 2.27. The van der Waals surface area contributed by atoms with Crippen LogP contribution in [-0.4, -0.2) is 4.98 Å². The Morgan fingerprint density at radius 1 is 1.31 bits per heavy atom. The maximum atomic E-state index is 5.37. The van der Waals surface area contributed by atoms with Gasteiger partial charge in [-0.2, -0.15) is 0 Å². The lowest BCUT2D eigenvalue weighted by molar-refractivity contribution is 0.0457. The Morgan fingerprint density at radius 3 is 3.00 bits per heavy atom. The van der Waals surface area contributed by atoms with Gasteiger partial charge in [-0.05, 0) is 34.1 Å². The van der Waals surface area contributed by atoms with Crippen molar-refractivity contribution in [2.45, 2.75) is 6.10 Å². The van der Waals surface area contributed by atoms with Crippen molar-refractivity contribution in [1.82, 2.24) is 10.5 Å². The molecule has 0 saturated heterocycles. The summed E-state index contributed by atoms with van der Waals surface area (Å²) in [5, 5.41) is 1.13. The average molecular weight is 277 g/mol. The van der Waals surface area contributed by atoms with E-state index in [1.165, 1.54) is 0 Å². The zero-order valence-electron chi connectivity index (χ0n) is 8.35. The van der Waals surface area contributed by atoms with Gasteiger partial charge in [0.1, 0.15) is 10.7 Å². The summed E-state index contributed by atoms with van der Waals surface area (Å²) >= 11 is 3.33. The molecule has 0 saturated carbocycles. The summed E-state index contributed by atoms with van der Waals surface area (Å²) in [4.78, 5) is 9.77. The number of hydrogen-bond donors (Lipinski definition) is 1. The molecule has 1 N–H and O–H groups in total. The Hall–Kier alpha value is -1.39. The molecule has 0 spiro atoms. The molecular formula is C12H9BrN2O. The molecule has 16 heavy (non-hydrogen) atoms. The highest BCUT2D eigenvalue weighted by atomic mass is 79.9. The maximum Gasteiger partial charge on any atom is 0.133 e. The van der Waals surface area contributed by atoms with Crippen LogP contribution in [0.5, 0.6) is 0 Å². The summed E-state index contributed by atoms with van der Waals surface area (Å²) in [6, 6.07) is 10.1. The molecule has 3 nitrogen and oxygen atoms in total. The minimum absolute atomic E-state index is 0.0773. The van der Waals surface area contributed by atoms with E-state index in [0.717, 1.165) is 21.1 Å². The van der Waals surface area contributed by atoms with E-state index in [0.29, 0.717) is 0 Å². The summed E-state index contributed by atoms with van der Waals surface area (Å²) in [5.74, 6) is 0. The zero-order valence-corrected chi connectivity index (χ0v) is 9.94. The Labute approximate surface area is 101 Å². The van der Waals surface area contributed by atoms with Crippen LogP contribution in [0.1, 0.15) is 11.7 Å². The number of nitrogens with one attached hydrogen (secondary N) is 1. The summed E-state index contributed by atoms with van der Waals surface area (Å²) < 4.78 is 0.852. The van der Waals surface area contributed by atoms with E-state index < -0.39 is 0 Å². The maximum absolute atomic E-state index is 5.37. The highest BCUT2D eigenvalue weighted by Gasteiger charge is 2.17. The number of aromatic nitrogens is 1. The third-order valence-electron chi connectivity index (χ3n) is 2.52. The third-order valence-corrected chi connectivity index (χ3v) is 2.95. The van der Waals surface area contributed by atoms with Crippen LogP contribution < -0.4 is 5.48 Å². The van der Waals surface area contributed by atoms with Crippen LogP contribution >= 0.6 is 15.9 Å². The molecular weight excluding hydrogens is 268 g/mol. The largest absolute Gasteiger partial charge is 0.263 e. The summed E-state index contributed by atoms with van der Waals surface area (Å²) in [6.45, 7) is 0. The van der Waals surface area contributed by atoms with Crippen molar-refractivity contribution >= 4 is 26.8 Å². The molecule has 0 fully saturated rings. The molecule has 1 aliphatic rings. The van der Waals surface area contributed by atoms with Crippen LogP contribution in [0, 0.1) is 0 Å². The molecule has 1 atom stereocenters. The third kappa shape index (κ3) is 1.70. The molecule has 0 radical (unpaired) electrons. The minimum Gasteiger partial charge on any atom is -0.263 e. The first-order valence-electron chi connectivity index (χ1n) is 4.96. The van der Waals surface area contributed by atoms with Crippen LogP contribution in [0.25, 0.3) is 10.9 Å². The Balaban J connectivity index is 2.05. The average Bonchev–Trinajstić information content (AvgIpc) is 2.75. The summed E-state index contributed by atoms with van der Waals surface area (Å²) in [7, 11) is 0. The van der Waals surface area contributed by atoms with Crippen LogP contribution in [0.15, 0.2) is 47.2 Å². The fourth-order valence-electron chi connectivity index (χ4n) is 1.73. The summed E-state index contributed by atoms with van der Waals surface area (Å²) in [5.41, 5.74) is 4.81. The Bertz CT molecular complexity index is 568. The van der Waals surface area contributed by atoms with E-state index in [4.69, 9.17) is 4.84 Å². The van der Waals surface area contributed by atoms with Crippen molar-refractivity contribution < 1.29 is 4.84 Å². The number of hydroxylamine groups is 1. The molecule has 1 aromatic heterocycles. The quantitative estimate of drug-likeness (QED) is 0.813. The second kappa shape index (κ2) is 3.88. The monoisotopic (exact) mass is 276 g/mol. The molecule has 1 aliphatic heterocycles. The van der Waals surface area contributed by atoms with E-state index in [2.05, 4.69) is 32.5 Å². The fraction of sp³-hybridized carbons (Fsp3) is 0.0833. The van der Waals surface area contributed by atoms with Crippen LogP contribution in [-0.2, 0) is 4.84 Å². The van der Waals surface area contributed by atoms with Crippen molar-refractivity contribution in [2.75, 3.05) is 0 Å². The van der Waals surface area contributed by atoms with Crippen molar-refractivity contribution in [3.63, 3.8) is 0 Å². The Kier molecular flexibility index (Phi) is 2.38. The first-order chi connectivity index (χ1) is 7.83.